The van der Waals surface area contributed by atoms with Crippen LogP contribution in [0.1, 0.15) is 19.8 Å². The van der Waals surface area contributed by atoms with Crippen LogP contribution >= 0.6 is 12.4 Å². The normalized spacial score (nSPS) is 24.3. The van der Waals surface area contributed by atoms with Crippen molar-refractivity contribution in [2.75, 3.05) is 19.8 Å². The highest BCUT2D eigenvalue weighted by molar-refractivity contribution is 5.85. The molecule has 1 rings (SSSR count). The molecule has 2 atom stereocenters. The summed E-state index contributed by atoms with van der Waals surface area (Å²) in [5.41, 5.74) is 0. The van der Waals surface area contributed by atoms with Crippen LogP contribution in [0.5, 0.6) is 0 Å². The zero-order valence-electron chi connectivity index (χ0n) is 9.70. The summed E-state index contributed by atoms with van der Waals surface area (Å²) < 4.78 is 5.07. The second-order valence-electron chi connectivity index (χ2n) is 3.95. The van der Waals surface area contributed by atoms with Crippen LogP contribution in [0.3, 0.4) is 0 Å². The monoisotopic (exact) mass is 248 g/mol. The molecular formula is C11H21ClN2O2. The van der Waals surface area contributed by atoms with E-state index in [1.807, 2.05) is 0 Å². The lowest BCUT2D eigenvalue weighted by atomic mass is 10.0. The van der Waals surface area contributed by atoms with Crippen molar-refractivity contribution in [3.05, 3.63) is 12.7 Å². The molecule has 0 aromatic heterocycles. The second-order valence-corrected chi connectivity index (χ2v) is 3.95. The van der Waals surface area contributed by atoms with E-state index in [2.05, 4.69) is 24.1 Å². The number of halogens is 1. The first-order valence-electron chi connectivity index (χ1n) is 5.43. The lowest BCUT2D eigenvalue weighted by Crippen LogP contribution is -2.47. The maximum atomic E-state index is 11.4. The highest BCUT2D eigenvalue weighted by Crippen LogP contribution is 2.07. The predicted octanol–water partition coefficient (Wildman–Crippen LogP) is 0.867. The van der Waals surface area contributed by atoms with Gasteiger partial charge >= 0.3 is 0 Å². The molecule has 16 heavy (non-hydrogen) atoms. The summed E-state index contributed by atoms with van der Waals surface area (Å²) in [7, 11) is 0. The molecule has 1 fully saturated rings. The van der Waals surface area contributed by atoms with Crippen LogP contribution in [-0.2, 0) is 9.53 Å². The second kappa shape index (κ2) is 8.56. The van der Waals surface area contributed by atoms with E-state index in [9.17, 15) is 4.79 Å². The summed E-state index contributed by atoms with van der Waals surface area (Å²) in [6.07, 6.45) is 3.63. The Hall–Kier alpha value is -0.580. The molecule has 1 aliphatic heterocycles. The van der Waals surface area contributed by atoms with Gasteiger partial charge in [0.2, 0.25) is 5.91 Å². The first kappa shape index (κ1) is 15.4. The Balaban J connectivity index is 0.00000225. The molecule has 0 aliphatic carbocycles. The number of amides is 1. The summed E-state index contributed by atoms with van der Waals surface area (Å²) in [6.45, 7) is 7.18. The number of carbonyl (C=O) groups excluding carboxylic acids is 1. The van der Waals surface area contributed by atoms with Gasteiger partial charge in [0.1, 0.15) is 6.61 Å². The van der Waals surface area contributed by atoms with Gasteiger partial charge in [-0.2, -0.15) is 0 Å². The van der Waals surface area contributed by atoms with Crippen molar-refractivity contribution in [2.45, 2.75) is 31.8 Å². The fourth-order valence-electron chi connectivity index (χ4n) is 1.77. The van der Waals surface area contributed by atoms with Crippen LogP contribution in [0.25, 0.3) is 0 Å². The summed E-state index contributed by atoms with van der Waals surface area (Å²) in [5.74, 6) is -0.0315. The van der Waals surface area contributed by atoms with Crippen molar-refractivity contribution in [3.63, 3.8) is 0 Å². The summed E-state index contributed by atoms with van der Waals surface area (Å²) in [6, 6.07) is 0.777. The van der Waals surface area contributed by atoms with Gasteiger partial charge in [0.15, 0.2) is 0 Å². The number of carbonyl (C=O) groups is 1. The average Bonchev–Trinajstić information content (AvgIpc) is 2.18. The van der Waals surface area contributed by atoms with Crippen molar-refractivity contribution < 1.29 is 9.53 Å². The Morgan fingerprint density at radius 1 is 1.69 bits per heavy atom. The van der Waals surface area contributed by atoms with Gasteiger partial charge in [0.05, 0.1) is 6.61 Å². The van der Waals surface area contributed by atoms with E-state index in [1.165, 1.54) is 0 Å². The third kappa shape index (κ3) is 6.10. The molecule has 0 radical (unpaired) electrons. The van der Waals surface area contributed by atoms with Gasteiger partial charge in [-0.3, -0.25) is 4.79 Å². The molecule has 94 valence electrons. The zero-order valence-corrected chi connectivity index (χ0v) is 10.5. The lowest BCUT2D eigenvalue weighted by molar-refractivity contribution is -0.126. The maximum Gasteiger partial charge on any atom is 0.246 e. The molecular weight excluding hydrogens is 228 g/mol. The van der Waals surface area contributed by atoms with Crippen molar-refractivity contribution in [2.24, 2.45) is 0 Å². The first-order chi connectivity index (χ1) is 7.22. The SMILES string of the molecule is C=CCOCC(=O)NC1CCNC(C)C1.Cl. The highest BCUT2D eigenvalue weighted by Gasteiger charge is 2.19. The molecule has 1 aliphatic rings. The molecule has 1 heterocycles. The van der Waals surface area contributed by atoms with Gasteiger partial charge in [-0.1, -0.05) is 6.08 Å². The van der Waals surface area contributed by atoms with Crippen LogP contribution < -0.4 is 10.6 Å². The standard InChI is InChI=1S/C11H20N2O2.ClH/c1-3-6-15-8-11(14)13-10-4-5-12-9(2)7-10;/h3,9-10,12H,1,4-8H2,2H3,(H,13,14);1H. The largest absolute Gasteiger partial charge is 0.368 e. The number of nitrogens with one attached hydrogen (secondary N) is 2. The average molecular weight is 249 g/mol. The highest BCUT2D eigenvalue weighted by atomic mass is 35.5. The van der Waals surface area contributed by atoms with E-state index in [1.54, 1.807) is 6.08 Å². The predicted molar refractivity (Wildman–Crippen MR) is 66.9 cm³/mol. The van der Waals surface area contributed by atoms with Gasteiger partial charge in [0, 0.05) is 12.1 Å². The molecule has 2 unspecified atom stereocenters. The number of hydrogen-bond acceptors (Lipinski definition) is 3. The summed E-state index contributed by atoms with van der Waals surface area (Å²) in [5, 5.41) is 6.31. The molecule has 1 saturated heterocycles. The quantitative estimate of drug-likeness (QED) is 0.561. The van der Waals surface area contributed by atoms with Crippen LogP contribution in [-0.4, -0.2) is 37.7 Å². The maximum absolute atomic E-state index is 11.4. The fraction of sp³-hybridized carbons (Fsp3) is 0.727. The van der Waals surface area contributed by atoms with Crippen molar-refractivity contribution in [3.8, 4) is 0 Å². The minimum absolute atomic E-state index is 0. The van der Waals surface area contributed by atoms with Gasteiger partial charge < -0.3 is 15.4 Å². The van der Waals surface area contributed by atoms with Gasteiger partial charge in [-0.05, 0) is 26.3 Å². The Morgan fingerprint density at radius 2 is 2.44 bits per heavy atom. The van der Waals surface area contributed by atoms with E-state index in [-0.39, 0.29) is 24.9 Å². The third-order valence-corrected chi connectivity index (χ3v) is 2.46. The van der Waals surface area contributed by atoms with E-state index in [0.29, 0.717) is 18.7 Å². The van der Waals surface area contributed by atoms with E-state index >= 15 is 0 Å². The molecule has 5 heteroatoms. The molecule has 2 N–H and O–H groups in total. The van der Waals surface area contributed by atoms with Crippen molar-refractivity contribution in [1.82, 2.24) is 10.6 Å². The van der Waals surface area contributed by atoms with E-state index in [4.69, 9.17) is 4.74 Å². The third-order valence-electron chi connectivity index (χ3n) is 2.46. The van der Waals surface area contributed by atoms with E-state index in [0.717, 1.165) is 19.4 Å². The molecule has 0 bridgehead atoms. The van der Waals surface area contributed by atoms with Gasteiger partial charge in [-0.25, -0.2) is 0 Å². The Bertz CT molecular complexity index is 224. The minimum atomic E-state index is -0.0315. The number of hydrogen-bond donors (Lipinski definition) is 2. The minimum Gasteiger partial charge on any atom is -0.368 e. The van der Waals surface area contributed by atoms with Crippen LogP contribution in [0.2, 0.25) is 0 Å². The smallest absolute Gasteiger partial charge is 0.246 e. The Morgan fingerprint density at radius 3 is 3.06 bits per heavy atom. The molecule has 0 spiro atoms. The Kier molecular flexibility index (Phi) is 8.25. The van der Waals surface area contributed by atoms with Crippen LogP contribution in [0.15, 0.2) is 12.7 Å². The van der Waals surface area contributed by atoms with Crippen molar-refractivity contribution in [1.29, 1.82) is 0 Å². The topological polar surface area (TPSA) is 50.4 Å². The van der Waals surface area contributed by atoms with E-state index < -0.39 is 0 Å². The number of piperidine rings is 1. The first-order valence-corrected chi connectivity index (χ1v) is 5.43. The zero-order chi connectivity index (χ0) is 11.1. The number of rotatable bonds is 5. The van der Waals surface area contributed by atoms with Gasteiger partial charge in [-0.15, -0.1) is 19.0 Å². The molecule has 0 aromatic carbocycles. The van der Waals surface area contributed by atoms with Crippen LogP contribution in [0, 0.1) is 0 Å². The number of ether oxygens (including phenoxy) is 1. The summed E-state index contributed by atoms with van der Waals surface area (Å²) >= 11 is 0. The van der Waals surface area contributed by atoms with Crippen molar-refractivity contribution >= 4 is 18.3 Å². The molecule has 1 amide bonds. The summed E-state index contributed by atoms with van der Waals surface area (Å²) in [4.78, 5) is 11.4. The lowest BCUT2D eigenvalue weighted by Gasteiger charge is -2.28. The fourth-order valence-corrected chi connectivity index (χ4v) is 1.77. The van der Waals surface area contributed by atoms with Crippen LogP contribution in [0.4, 0.5) is 0 Å². The molecule has 0 saturated carbocycles. The molecule has 0 aromatic rings. The molecule has 4 nitrogen and oxygen atoms in total. The van der Waals surface area contributed by atoms with Gasteiger partial charge in [0.25, 0.3) is 0 Å². The Labute approximate surface area is 103 Å².